The summed E-state index contributed by atoms with van der Waals surface area (Å²) in [4.78, 5) is 27.5. The Hall–Kier alpha value is -3.15. The molecule has 2 aromatic carbocycles. The van der Waals surface area contributed by atoms with Gasteiger partial charge in [0.15, 0.2) is 17.2 Å². The Kier molecular flexibility index (Phi) is 4.86. The van der Waals surface area contributed by atoms with Crippen molar-refractivity contribution in [2.45, 2.75) is 26.2 Å². The average molecular weight is 380 g/mol. The van der Waals surface area contributed by atoms with Crippen LogP contribution in [0.25, 0.3) is 11.0 Å². The van der Waals surface area contributed by atoms with Gasteiger partial charge in [0, 0.05) is 24.0 Å². The molecular formula is C22H21FN2O3. The number of furan rings is 1. The van der Waals surface area contributed by atoms with E-state index in [1.54, 1.807) is 43.3 Å². The van der Waals surface area contributed by atoms with E-state index in [4.69, 9.17) is 4.42 Å². The number of hydrogen-bond acceptors (Lipinski definition) is 3. The van der Waals surface area contributed by atoms with Gasteiger partial charge in [-0.05, 0) is 44.4 Å². The first-order chi connectivity index (χ1) is 13.6. The second-order valence-corrected chi connectivity index (χ2v) is 7.03. The molecule has 1 fully saturated rings. The normalized spacial score (nSPS) is 14.3. The SMILES string of the molecule is Cc1c(C(=O)Nc2ccccc2C(=O)N2CCCCC2)oc2c(F)cccc12. The molecule has 0 saturated carbocycles. The molecule has 6 heteroatoms. The van der Waals surface area contributed by atoms with Gasteiger partial charge in [0.2, 0.25) is 0 Å². The first kappa shape index (κ1) is 18.2. The number of benzene rings is 2. The summed E-state index contributed by atoms with van der Waals surface area (Å²) in [6.07, 6.45) is 3.11. The van der Waals surface area contributed by atoms with Crippen LogP contribution in [0.4, 0.5) is 10.1 Å². The van der Waals surface area contributed by atoms with Crippen LogP contribution in [-0.4, -0.2) is 29.8 Å². The minimum Gasteiger partial charge on any atom is -0.448 e. The molecule has 2 amide bonds. The zero-order valence-electron chi connectivity index (χ0n) is 15.6. The van der Waals surface area contributed by atoms with Crippen LogP contribution in [0.5, 0.6) is 0 Å². The van der Waals surface area contributed by atoms with E-state index in [0.29, 0.717) is 22.2 Å². The number of carbonyl (C=O) groups is 2. The van der Waals surface area contributed by atoms with E-state index in [0.717, 1.165) is 32.4 Å². The lowest BCUT2D eigenvalue weighted by molar-refractivity contribution is 0.0725. The monoisotopic (exact) mass is 380 g/mol. The van der Waals surface area contributed by atoms with Gasteiger partial charge in [0.05, 0.1) is 11.3 Å². The number of likely N-dealkylation sites (tertiary alicyclic amines) is 1. The molecule has 0 aliphatic carbocycles. The van der Waals surface area contributed by atoms with Crippen molar-refractivity contribution >= 4 is 28.5 Å². The van der Waals surface area contributed by atoms with Crippen LogP contribution in [0.3, 0.4) is 0 Å². The van der Waals surface area contributed by atoms with Gasteiger partial charge in [-0.15, -0.1) is 0 Å². The first-order valence-corrected chi connectivity index (χ1v) is 9.43. The van der Waals surface area contributed by atoms with Gasteiger partial charge in [0.25, 0.3) is 11.8 Å². The van der Waals surface area contributed by atoms with Crippen LogP contribution in [0.2, 0.25) is 0 Å². The fraction of sp³-hybridized carbons (Fsp3) is 0.273. The molecule has 144 valence electrons. The highest BCUT2D eigenvalue weighted by atomic mass is 19.1. The molecule has 0 radical (unpaired) electrons. The van der Waals surface area contributed by atoms with Gasteiger partial charge in [-0.1, -0.05) is 24.3 Å². The standard InChI is InChI=1S/C22H21FN2O3/c1-14-15-9-7-10-17(23)20(15)28-19(14)21(26)24-18-11-4-3-8-16(18)22(27)25-12-5-2-6-13-25/h3-4,7-11H,2,5-6,12-13H2,1H3,(H,24,26). The number of nitrogens with zero attached hydrogens (tertiary/aromatic N) is 1. The van der Waals surface area contributed by atoms with Crippen molar-refractivity contribution in [1.82, 2.24) is 4.90 Å². The Balaban J connectivity index is 1.63. The predicted octanol–water partition coefficient (Wildman–Crippen LogP) is 4.76. The number of para-hydroxylation sites is 2. The van der Waals surface area contributed by atoms with Gasteiger partial charge < -0.3 is 14.6 Å². The van der Waals surface area contributed by atoms with Crippen LogP contribution in [0.1, 0.15) is 45.7 Å². The third-order valence-corrected chi connectivity index (χ3v) is 5.17. The highest BCUT2D eigenvalue weighted by molar-refractivity contribution is 6.10. The highest BCUT2D eigenvalue weighted by Gasteiger charge is 2.24. The van der Waals surface area contributed by atoms with Crippen molar-refractivity contribution in [3.8, 4) is 0 Å². The van der Waals surface area contributed by atoms with Gasteiger partial charge in [-0.3, -0.25) is 9.59 Å². The Morgan fingerprint density at radius 3 is 2.54 bits per heavy atom. The lowest BCUT2D eigenvalue weighted by Crippen LogP contribution is -2.36. The summed E-state index contributed by atoms with van der Waals surface area (Å²) in [5.74, 6) is -1.07. The Labute approximate surface area is 162 Å². The summed E-state index contributed by atoms with van der Waals surface area (Å²) < 4.78 is 19.5. The number of anilines is 1. The minimum absolute atomic E-state index is 0.0420. The number of halogens is 1. The number of amides is 2. The van der Waals surface area contributed by atoms with Crippen LogP contribution in [-0.2, 0) is 0 Å². The van der Waals surface area contributed by atoms with E-state index in [1.165, 1.54) is 6.07 Å². The molecule has 0 atom stereocenters. The van der Waals surface area contributed by atoms with Crippen LogP contribution in [0, 0.1) is 12.7 Å². The molecule has 1 N–H and O–H groups in total. The highest BCUT2D eigenvalue weighted by Crippen LogP contribution is 2.28. The number of fused-ring (bicyclic) bond motifs is 1. The lowest BCUT2D eigenvalue weighted by Gasteiger charge is -2.27. The summed E-state index contributed by atoms with van der Waals surface area (Å²) in [6.45, 7) is 3.16. The quantitative estimate of drug-likeness (QED) is 0.713. The van der Waals surface area contributed by atoms with E-state index in [2.05, 4.69) is 5.32 Å². The smallest absolute Gasteiger partial charge is 0.291 e. The largest absolute Gasteiger partial charge is 0.448 e. The van der Waals surface area contributed by atoms with Crippen molar-refractivity contribution in [1.29, 1.82) is 0 Å². The molecule has 5 nitrogen and oxygen atoms in total. The fourth-order valence-electron chi connectivity index (χ4n) is 3.65. The zero-order chi connectivity index (χ0) is 19.7. The zero-order valence-corrected chi connectivity index (χ0v) is 15.6. The van der Waals surface area contributed by atoms with Crippen LogP contribution < -0.4 is 5.32 Å². The van der Waals surface area contributed by atoms with Crippen molar-refractivity contribution in [3.05, 3.63) is 65.2 Å². The third-order valence-electron chi connectivity index (χ3n) is 5.17. The van der Waals surface area contributed by atoms with Crippen LogP contribution in [0.15, 0.2) is 46.9 Å². The first-order valence-electron chi connectivity index (χ1n) is 9.43. The van der Waals surface area contributed by atoms with E-state index in [9.17, 15) is 14.0 Å². The number of rotatable bonds is 3. The lowest BCUT2D eigenvalue weighted by atomic mass is 10.1. The van der Waals surface area contributed by atoms with Crippen molar-refractivity contribution in [2.75, 3.05) is 18.4 Å². The van der Waals surface area contributed by atoms with E-state index >= 15 is 0 Å². The van der Waals surface area contributed by atoms with Gasteiger partial charge in [0.1, 0.15) is 0 Å². The van der Waals surface area contributed by atoms with E-state index < -0.39 is 11.7 Å². The summed E-state index contributed by atoms with van der Waals surface area (Å²) in [6, 6.07) is 11.5. The minimum atomic E-state index is -0.514. The molecule has 4 rings (SSSR count). The van der Waals surface area contributed by atoms with Crippen molar-refractivity contribution in [3.63, 3.8) is 0 Å². The topological polar surface area (TPSA) is 62.6 Å². The van der Waals surface area contributed by atoms with E-state index in [-0.39, 0.29) is 17.3 Å². The molecular weight excluding hydrogens is 359 g/mol. The maximum atomic E-state index is 14.0. The van der Waals surface area contributed by atoms with Crippen molar-refractivity contribution in [2.24, 2.45) is 0 Å². The van der Waals surface area contributed by atoms with Gasteiger partial charge in [-0.2, -0.15) is 0 Å². The van der Waals surface area contributed by atoms with Crippen LogP contribution >= 0.6 is 0 Å². The third kappa shape index (κ3) is 3.26. The molecule has 2 heterocycles. The number of nitrogens with one attached hydrogen (secondary N) is 1. The summed E-state index contributed by atoms with van der Waals surface area (Å²) in [5, 5.41) is 3.32. The maximum absolute atomic E-state index is 14.0. The van der Waals surface area contributed by atoms with Gasteiger partial charge >= 0.3 is 0 Å². The van der Waals surface area contributed by atoms with Crippen molar-refractivity contribution < 1.29 is 18.4 Å². The van der Waals surface area contributed by atoms with E-state index in [1.807, 2.05) is 4.90 Å². The summed E-state index contributed by atoms with van der Waals surface area (Å²) in [5.41, 5.74) is 1.48. The average Bonchev–Trinajstić information content (AvgIpc) is 3.07. The second kappa shape index (κ2) is 7.46. The molecule has 1 aliphatic heterocycles. The predicted molar refractivity (Wildman–Crippen MR) is 105 cm³/mol. The molecule has 28 heavy (non-hydrogen) atoms. The number of aryl methyl sites for hydroxylation is 1. The molecule has 1 saturated heterocycles. The Morgan fingerprint density at radius 2 is 1.79 bits per heavy atom. The fourth-order valence-corrected chi connectivity index (χ4v) is 3.65. The molecule has 0 unspecified atom stereocenters. The van der Waals surface area contributed by atoms with Gasteiger partial charge in [-0.25, -0.2) is 4.39 Å². The summed E-state index contributed by atoms with van der Waals surface area (Å²) >= 11 is 0. The molecule has 1 aliphatic rings. The Morgan fingerprint density at radius 1 is 1.04 bits per heavy atom. The Bertz CT molecular complexity index is 1050. The number of piperidine rings is 1. The number of hydrogen-bond donors (Lipinski definition) is 1. The molecule has 0 bridgehead atoms. The number of carbonyl (C=O) groups excluding carboxylic acids is 2. The molecule has 0 spiro atoms. The maximum Gasteiger partial charge on any atom is 0.291 e. The molecule has 1 aromatic heterocycles. The second-order valence-electron chi connectivity index (χ2n) is 7.03. The molecule has 3 aromatic rings. The summed E-state index contributed by atoms with van der Waals surface area (Å²) in [7, 11) is 0.